The number of nitrogens with zero attached hydrogens (tertiary/aromatic N) is 2. The summed E-state index contributed by atoms with van der Waals surface area (Å²) in [6.07, 6.45) is 0. The number of benzene rings is 3. The molecule has 0 bridgehead atoms. The molecule has 30 heavy (non-hydrogen) atoms. The second-order valence-electron chi connectivity index (χ2n) is 7.23. The highest BCUT2D eigenvalue weighted by Crippen LogP contribution is 2.35. The molecule has 0 saturated carbocycles. The zero-order valence-corrected chi connectivity index (χ0v) is 16.4. The molecule has 8 nitrogen and oxygen atoms in total. The lowest BCUT2D eigenvalue weighted by atomic mass is 9.88. The minimum atomic E-state index is -1.26. The van der Waals surface area contributed by atoms with Crippen LogP contribution < -0.4 is 10.1 Å². The van der Waals surface area contributed by atoms with Crippen molar-refractivity contribution in [1.29, 1.82) is 0 Å². The normalized spacial score (nSPS) is 18.5. The summed E-state index contributed by atoms with van der Waals surface area (Å²) in [5.41, 5.74) is -0.342. The lowest BCUT2D eigenvalue weighted by Gasteiger charge is -2.24. The van der Waals surface area contributed by atoms with Gasteiger partial charge in [0.1, 0.15) is 11.3 Å². The van der Waals surface area contributed by atoms with E-state index >= 15 is 0 Å². The first-order valence-corrected chi connectivity index (χ1v) is 9.29. The van der Waals surface area contributed by atoms with E-state index in [1.807, 2.05) is 42.5 Å². The zero-order chi connectivity index (χ0) is 21.5. The zero-order valence-electron chi connectivity index (χ0n) is 16.4. The number of fused-ring (bicyclic) bond motifs is 1. The van der Waals surface area contributed by atoms with Crippen molar-refractivity contribution in [3.05, 3.63) is 81.9 Å². The average Bonchev–Trinajstić information content (AvgIpc) is 2.97. The van der Waals surface area contributed by atoms with Gasteiger partial charge < -0.3 is 10.1 Å². The Kier molecular flexibility index (Phi) is 4.62. The predicted octanol–water partition coefficient (Wildman–Crippen LogP) is 3.72. The van der Waals surface area contributed by atoms with Crippen molar-refractivity contribution in [1.82, 2.24) is 10.2 Å². The maximum atomic E-state index is 13.4. The Hall–Kier alpha value is -3.94. The van der Waals surface area contributed by atoms with Crippen LogP contribution in [0.25, 0.3) is 10.8 Å². The topological polar surface area (TPSA) is 102 Å². The van der Waals surface area contributed by atoms with Crippen molar-refractivity contribution in [2.45, 2.75) is 19.0 Å². The molecule has 1 aliphatic heterocycles. The number of rotatable bonds is 5. The van der Waals surface area contributed by atoms with Crippen molar-refractivity contribution in [2.24, 2.45) is 0 Å². The SMILES string of the molecule is COc1ccc([N+](=O)[O-])cc1CN1C(=O)NC(C)(c2cccc3ccccc23)C1=O. The second kappa shape index (κ2) is 7.14. The third-order valence-corrected chi connectivity index (χ3v) is 5.41. The van der Waals surface area contributed by atoms with Crippen LogP contribution in [0.4, 0.5) is 10.5 Å². The first-order valence-electron chi connectivity index (χ1n) is 9.29. The predicted molar refractivity (Wildman–Crippen MR) is 110 cm³/mol. The average molecular weight is 405 g/mol. The lowest BCUT2D eigenvalue weighted by molar-refractivity contribution is -0.384. The van der Waals surface area contributed by atoms with Crippen molar-refractivity contribution in [3.8, 4) is 5.75 Å². The molecule has 1 heterocycles. The summed E-state index contributed by atoms with van der Waals surface area (Å²) in [4.78, 5) is 37.8. The molecule has 0 aliphatic carbocycles. The highest BCUT2D eigenvalue weighted by Gasteiger charge is 2.49. The fourth-order valence-electron chi connectivity index (χ4n) is 3.86. The van der Waals surface area contributed by atoms with Gasteiger partial charge in [-0.2, -0.15) is 0 Å². The van der Waals surface area contributed by atoms with E-state index in [0.29, 0.717) is 16.9 Å². The lowest BCUT2D eigenvalue weighted by Crippen LogP contribution is -2.41. The minimum absolute atomic E-state index is 0.143. The molecular formula is C22H19N3O5. The van der Waals surface area contributed by atoms with E-state index in [4.69, 9.17) is 4.74 Å². The Balaban J connectivity index is 1.73. The molecule has 1 saturated heterocycles. The maximum absolute atomic E-state index is 13.4. The highest BCUT2D eigenvalue weighted by molar-refractivity contribution is 6.09. The first-order chi connectivity index (χ1) is 14.3. The molecule has 3 aromatic carbocycles. The highest BCUT2D eigenvalue weighted by atomic mass is 16.6. The molecule has 1 aliphatic rings. The van der Waals surface area contributed by atoms with Crippen LogP contribution in [0.2, 0.25) is 0 Å². The Morgan fingerprint density at radius 3 is 2.57 bits per heavy atom. The van der Waals surface area contributed by atoms with E-state index in [1.165, 1.54) is 25.3 Å². The maximum Gasteiger partial charge on any atom is 0.325 e. The number of nitro benzene ring substituents is 1. The van der Waals surface area contributed by atoms with Crippen LogP contribution in [0, 0.1) is 10.1 Å². The van der Waals surface area contributed by atoms with Crippen LogP contribution >= 0.6 is 0 Å². The molecule has 4 rings (SSSR count). The fraction of sp³-hybridized carbons (Fsp3) is 0.182. The Labute approximate surface area is 172 Å². The molecule has 0 aromatic heterocycles. The number of carbonyl (C=O) groups is 2. The Morgan fingerprint density at radius 2 is 1.83 bits per heavy atom. The molecular weight excluding hydrogens is 386 g/mol. The van der Waals surface area contributed by atoms with Gasteiger partial charge in [-0.1, -0.05) is 42.5 Å². The van der Waals surface area contributed by atoms with Crippen LogP contribution in [-0.4, -0.2) is 28.9 Å². The molecule has 0 radical (unpaired) electrons. The summed E-state index contributed by atoms with van der Waals surface area (Å²) in [5, 5.41) is 15.8. The van der Waals surface area contributed by atoms with Crippen molar-refractivity contribution < 1.29 is 19.2 Å². The number of hydrogen-bond acceptors (Lipinski definition) is 5. The fourth-order valence-corrected chi connectivity index (χ4v) is 3.86. The van der Waals surface area contributed by atoms with Gasteiger partial charge in [-0.05, 0) is 29.3 Å². The number of imide groups is 1. The first kappa shape index (κ1) is 19.4. The van der Waals surface area contributed by atoms with Gasteiger partial charge in [-0.15, -0.1) is 0 Å². The van der Waals surface area contributed by atoms with Gasteiger partial charge in [0.05, 0.1) is 18.6 Å². The molecule has 1 N–H and O–H groups in total. The van der Waals surface area contributed by atoms with Gasteiger partial charge in [0, 0.05) is 17.7 Å². The monoisotopic (exact) mass is 405 g/mol. The third-order valence-electron chi connectivity index (χ3n) is 5.41. The molecule has 3 amide bonds. The van der Waals surface area contributed by atoms with E-state index in [9.17, 15) is 19.7 Å². The molecule has 1 atom stereocenters. The number of amides is 3. The third kappa shape index (κ3) is 3.02. The summed E-state index contributed by atoms with van der Waals surface area (Å²) in [7, 11) is 1.43. The van der Waals surface area contributed by atoms with Gasteiger partial charge in [0.25, 0.3) is 11.6 Å². The van der Waals surface area contributed by atoms with E-state index in [2.05, 4.69) is 5.32 Å². The standard InChI is InChI=1S/C22H19N3O5/c1-22(18-9-5-7-14-6-3-4-8-17(14)18)20(26)24(21(27)23-22)13-15-12-16(25(28)29)10-11-19(15)30-2/h3-12H,13H2,1-2H3,(H,23,27). The van der Waals surface area contributed by atoms with Crippen molar-refractivity contribution in [3.63, 3.8) is 0 Å². The van der Waals surface area contributed by atoms with E-state index in [0.717, 1.165) is 15.7 Å². The van der Waals surface area contributed by atoms with E-state index < -0.39 is 22.4 Å². The number of methoxy groups -OCH3 is 1. The number of carbonyl (C=O) groups excluding carboxylic acids is 2. The summed E-state index contributed by atoms with van der Waals surface area (Å²) in [6, 6.07) is 16.7. The number of hydrogen-bond donors (Lipinski definition) is 1. The van der Waals surface area contributed by atoms with Gasteiger partial charge in [0.2, 0.25) is 0 Å². The van der Waals surface area contributed by atoms with Gasteiger partial charge >= 0.3 is 6.03 Å². The van der Waals surface area contributed by atoms with Gasteiger partial charge in [-0.3, -0.25) is 19.8 Å². The molecule has 1 unspecified atom stereocenters. The molecule has 0 spiro atoms. The van der Waals surface area contributed by atoms with Gasteiger partial charge in [-0.25, -0.2) is 4.79 Å². The number of nitro groups is 1. The summed E-state index contributed by atoms with van der Waals surface area (Å²) < 4.78 is 5.26. The summed E-state index contributed by atoms with van der Waals surface area (Å²) in [5.74, 6) is -0.0719. The van der Waals surface area contributed by atoms with Crippen molar-refractivity contribution >= 4 is 28.4 Å². The van der Waals surface area contributed by atoms with Crippen LogP contribution in [0.1, 0.15) is 18.1 Å². The number of ether oxygens (including phenoxy) is 1. The molecule has 1 fully saturated rings. The largest absolute Gasteiger partial charge is 0.496 e. The summed E-state index contributed by atoms with van der Waals surface area (Å²) in [6.45, 7) is 1.52. The minimum Gasteiger partial charge on any atom is -0.496 e. The number of non-ortho nitro benzene ring substituents is 1. The van der Waals surface area contributed by atoms with Crippen LogP contribution in [-0.2, 0) is 16.9 Å². The quantitative estimate of drug-likeness (QED) is 0.396. The Bertz CT molecular complexity index is 1190. The molecule has 8 heteroatoms. The van der Waals surface area contributed by atoms with Gasteiger partial charge in [0.15, 0.2) is 0 Å². The van der Waals surface area contributed by atoms with Crippen LogP contribution in [0.3, 0.4) is 0 Å². The molecule has 152 valence electrons. The summed E-state index contributed by atoms with van der Waals surface area (Å²) >= 11 is 0. The van der Waals surface area contributed by atoms with Crippen molar-refractivity contribution in [2.75, 3.05) is 7.11 Å². The second-order valence-corrected chi connectivity index (χ2v) is 7.23. The smallest absolute Gasteiger partial charge is 0.325 e. The molecule has 3 aromatic rings. The number of urea groups is 1. The van der Waals surface area contributed by atoms with Crippen LogP contribution in [0.15, 0.2) is 60.7 Å². The Morgan fingerprint density at radius 1 is 1.10 bits per heavy atom. The van der Waals surface area contributed by atoms with E-state index in [-0.39, 0.29) is 12.2 Å². The number of nitrogens with one attached hydrogen (secondary N) is 1. The van der Waals surface area contributed by atoms with Crippen LogP contribution in [0.5, 0.6) is 5.75 Å². The van der Waals surface area contributed by atoms with E-state index in [1.54, 1.807) is 6.92 Å².